The smallest absolute Gasteiger partial charge is 0.0721 e. The molecule has 0 saturated heterocycles. The van der Waals surface area contributed by atoms with Crippen molar-refractivity contribution in [2.75, 3.05) is 33.7 Å². The topological polar surface area (TPSA) is 55.7 Å². The van der Waals surface area contributed by atoms with Gasteiger partial charge < -0.3 is 20.4 Å². The number of aliphatic hydroxyl groups is 2. The molecule has 0 heterocycles. The Balaban J connectivity index is 1.70. The van der Waals surface area contributed by atoms with Crippen LogP contribution < -0.4 is 5.32 Å². The largest absolute Gasteiger partial charge is 0.392 e. The lowest BCUT2D eigenvalue weighted by Crippen LogP contribution is -2.22. The Hall–Kier alpha value is -0.680. The summed E-state index contributed by atoms with van der Waals surface area (Å²) in [4.78, 5) is 2.22. The molecule has 0 aromatic heterocycles. The van der Waals surface area contributed by atoms with Gasteiger partial charge in [-0.3, -0.25) is 0 Å². The molecule has 27 heavy (non-hydrogen) atoms. The predicted molar refractivity (Wildman–Crippen MR) is 114 cm³/mol. The molecular weight excluding hydrogens is 336 g/mol. The van der Waals surface area contributed by atoms with Gasteiger partial charge in [-0.05, 0) is 77.7 Å². The van der Waals surface area contributed by atoms with Gasteiger partial charge in [-0.15, -0.1) is 0 Å². The van der Waals surface area contributed by atoms with Gasteiger partial charge in [-0.25, -0.2) is 0 Å². The number of nitrogens with one attached hydrogen (secondary N) is 1. The molecule has 0 bridgehead atoms. The van der Waals surface area contributed by atoms with Crippen LogP contribution in [0.5, 0.6) is 0 Å². The fourth-order valence-corrected chi connectivity index (χ4v) is 4.64. The molecule has 0 aliphatic heterocycles. The van der Waals surface area contributed by atoms with E-state index in [1.54, 1.807) is 5.57 Å². The van der Waals surface area contributed by atoms with E-state index in [1.165, 1.54) is 19.3 Å². The van der Waals surface area contributed by atoms with Gasteiger partial charge in [0.15, 0.2) is 0 Å². The molecule has 0 amide bonds. The number of hydrogen-bond acceptors (Lipinski definition) is 4. The van der Waals surface area contributed by atoms with E-state index in [-0.39, 0.29) is 18.1 Å². The minimum absolute atomic E-state index is 0.206. The van der Waals surface area contributed by atoms with Crippen LogP contribution in [-0.2, 0) is 0 Å². The van der Waals surface area contributed by atoms with Crippen LogP contribution in [0.3, 0.4) is 0 Å². The van der Waals surface area contributed by atoms with E-state index in [9.17, 15) is 10.2 Å². The molecule has 1 fully saturated rings. The highest BCUT2D eigenvalue weighted by Crippen LogP contribution is 2.47. The van der Waals surface area contributed by atoms with Crippen molar-refractivity contribution in [2.45, 2.75) is 70.5 Å². The molecule has 2 aliphatic rings. The van der Waals surface area contributed by atoms with Gasteiger partial charge >= 0.3 is 0 Å². The van der Waals surface area contributed by atoms with Crippen molar-refractivity contribution in [1.82, 2.24) is 10.2 Å². The maximum atomic E-state index is 10.4. The van der Waals surface area contributed by atoms with Gasteiger partial charge in [0.05, 0.1) is 12.2 Å². The zero-order chi connectivity index (χ0) is 19.6. The zero-order valence-electron chi connectivity index (χ0n) is 17.7. The average Bonchev–Trinajstić information content (AvgIpc) is 3.12. The third-order valence-electron chi connectivity index (χ3n) is 6.19. The summed E-state index contributed by atoms with van der Waals surface area (Å²) in [5.41, 5.74) is 1.55. The van der Waals surface area contributed by atoms with E-state index in [2.05, 4.69) is 43.4 Å². The maximum Gasteiger partial charge on any atom is 0.0721 e. The first-order valence-electron chi connectivity index (χ1n) is 11.1. The summed E-state index contributed by atoms with van der Waals surface area (Å²) in [5, 5.41) is 24.1. The first kappa shape index (κ1) is 22.6. The Kier molecular flexibility index (Phi) is 10.1. The van der Waals surface area contributed by atoms with E-state index in [0.29, 0.717) is 11.8 Å². The minimum Gasteiger partial charge on any atom is -0.392 e. The molecule has 0 aromatic rings. The Morgan fingerprint density at radius 1 is 1.26 bits per heavy atom. The van der Waals surface area contributed by atoms with E-state index >= 15 is 0 Å². The van der Waals surface area contributed by atoms with Crippen LogP contribution >= 0.6 is 0 Å². The van der Waals surface area contributed by atoms with E-state index < -0.39 is 0 Å². The lowest BCUT2D eigenvalue weighted by Gasteiger charge is -2.19. The summed E-state index contributed by atoms with van der Waals surface area (Å²) < 4.78 is 0. The SMILES string of the molecule is CCCCC[C@H](O)C=C[C@@H]1[C@H]2CC(CCNCCCN(C)C)=C[C@H]2C[C@H]1O. The number of allylic oxidation sites excluding steroid dienone is 1. The summed E-state index contributed by atoms with van der Waals surface area (Å²) in [5.74, 6) is 1.26. The summed E-state index contributed by atoms with van der Waals surface area (Å²) in [6.07, 6.45) is 14.5. The fraction of sp³-hybridized carbons (Fsp3) is 0.826. The van der Waals surface area contributed by atoms with Crippen molar-refractivity contribution < 1.29 is 10.2 Å². The van der Waals surface area contributed by atoms with Crippen molar-refractivity contribution in [2.24, 2.45) is 17.8 Å². The highest BCUT2D eigenvalue weighted by molar-refractivity contribution is 5.21. The standard InChI is InChI=1S/C23H42N2O2/c1-4-5-6-8-20(26)9-10-21-22-16-18(15-19(22)17-23(21)27)11-13-24-12-7-14-25(2)3/h9-10,15,19-24,26-27H,4-8,11-14,16-17H2,1-3H3/t19-,20-,21+,22-,23+/m0/s1. The van der Waals surface area contributed by atoms with Gasteiger partial charge in [0.1, 0.15) is 0 Å². The van der Waals surface area contributed by atoms with Crippen LogP contribution in [0.1, 0.15) is 58.3 Å². The Morgan fingerprint density at radius 3 is 2.81 bits per heavy atom. The van der Waals surface area contributed by atoms with Gasteiger partial charge in [-0.2, -0.15) is 0 Å². The van der Waals surface area contributed by atoms with Crippen LogP contribution in [0.4, 0.5) is 0 Å². The second-order valence-electron chi connectivity index (χ2n) is 8.84. The van der Waals surface area contributed by atoms with Crippen LogP contribution in [-0.4, -0.2) is 61.1 Å². The molecule has 2 aliphatic carbocycles. The van der Waals surface area contributed by atoms with Crippen molar-refractivity contribution in [3.05, 3.63) is 23.8 Å². The van der Waals surface area contributed by atoms with Gasteiger partial charge in [-0.1, -0.05) is 50.0 Å². The molecule has 4 nitrogen and oxygen atoms in total. The lowest BCUT2D eigenvalue weighted by atomic mass is 9.88. The Labute approximate surface area is 166 Å². The molecule has 0 spiro atoms. The monoisotopic (exact) mass is 378 g/mol. The van der Waals surface area contributed by atoms with Crippen molar-refractivity contribution >= 4 is 0 Å². The number of unbranched alkanes of at least 4 members (excludes halogenated alkanes) is 2. The maximum absolute atomic E-state index is 10.4. The summed E-state index contributed by atoms with van der Waals surface area (Å²) in [6, 6.07) is 0. The van der Waals surface area contributed by atoms with Crippen molar-refractivity contribution in [1.29, 1.82) is 0 Å². The summed E-state index contributed by atoms with van der Waals surface area (Å²) in [6.45, 7) is 5.45. The number of hydrogen-bond donors (Lipinski definition) is 3. The second-order valence-corrected chi connectivity index (χ2v) is 8.84. The van der Waals surface area contributed by atoms with Crippen LogP contribution in [0.2, 0.25) is 0 Å². The predicted octanol–water partition coefficient (Wildman–Crippen LogP) is 3.36. The van der Waals surface area contributed by atoms with Crippen LogP contribution in [0.25, 0.3) is 0 Å². The highest BCUT2D eigenvalue weighted by atomic mass is 16.3. The highest BCUT2D eigenvalue weighted by Gasteiger charge is 2.43. The van der Waals surface area contributed by atoms with Crippen LogP contribution in [0.15, 0.2) is 23.8 Å². The summed E-state index contributed by atoms with van der Waals surface area (Å²) >= 11 is 0. The van der Waals surface area contributed by atoms with Gasteiger partial charge in [0, 0.05) is 5.92 Å². The first-order chi connectivity index (χ1) is 13.0. The normalized spacial score (nSPS) is 28.9. The molecular formula is C23H42N2O2. The third kappa shape index (κ3) is 7.69. The summed E-state index contributed by atoms with van der Waals surface area (Å²) in [7, 11) is 4.23. The number of rotatable bonds is 13. The zero-order valence-corrected chi connectivity index (χ0v) is 17.7. The molecule has 4 heteroatoms. The van der Waals surface area contributed by atoms with Crippen molar-refractivity contribution in [3.63, 3.8) is 0 Å². The fourth-order valence-electron chi connectivity index (χ4n) is 4.64. The molecule has 3 N–H and O–H groups in total. The Bertz CT molecular complexity index is 475. The number of fused-ring (bicyclic) bond motifs is 1. The van der Waals surface area contributed by atoms with E-state index in [1.807, 2.05) is 6.08 Å². The van der Waals surface area contributed by atoms with Crippen LogP contribution in [0, 0.1) is 17.8 Å². The van der Waals surface area contributed by atoms with E-state index in [0.717, 1.165) is 51.7 Å². The average molecular weight is 379 g/mol. The second kappa shape index (κ2) is 12.0. The Morgan fingerprint density at radius 2 is 2.07 bits per heavy atom. The van der Waals surface area contributed by atoms with Gasteiger partial charge in [0.2, 0.25) is 0 Å². The third-order valence-corrected chi connectivity index (χ3v) is 6.19. The van der Waals surface area contributed by atoms with Crippen molar-refractivity contribution in [3.8, 4) is 0 Å². The molecule has 156 valence electrons. The number of nitrogens with zero attached hydrogens (tertiary/aromatic N) is 1. The molecule has 1 saturated carbocycles. The molecule has 5 atom stereocenters. The lowest BCUT2D eigenvalue weighted by molar-refractivity contribution is 0.139. The quantitative estimate of drug-likeness (QED) is 0.340. The molecule has 0 aromatic carbocycles. The molecule has 0 radical (unpaired) electrons. The molecule has 0 unspecified atom stereocenters. The van der Waals surface area contributed by atoms with E-state index in [4.69, 9.17) is 0 Å². The molecule has 2 rings (SSSR count). The number of aliphatic hydroxyl groups excluding tert-OH is 2. The van der Waals surface area contributed by atoms with Gasteiger partial charge in [0.25, 0.3) is 0 Å². The first-order valence-corrected chi connectivity index (χ1v) is 11.1. The minimum atomic E-state index is -0.358.